The molecule has 1 fully saturated rings. The second kappa shape index (κ2) is 9.26. The van der Waals surface area contributed by atoms with E-state index in [0.717, 1.165) is 18.4 Å². The number of carbonyl (C=O) groups is 1. The van der Waals surface area contributed by atoms with Gasteiger partial charge in [0.15, 0.2) is 0 Å². The van der Waals surface area contributed by atoms with E-state index in [2.05, 4.69) is 10.4 Å². The minimum absolute atomic E-state index is 0.0161. The summed E-state index contributed by atoms with van der Waals surface area (Å²) in [5.74, 6) is 0.247. The van der Waals surface area contributed by atoms with Gasteiger partial charge in [-0.05, 0) is 30.9 Å². The average molecular weight is 445 g/mol. The van der Waals surface area contributed by atoms with Gasteiger partial charge in [0.05, 0.1) is 28.5 Å². The summed E-state index contributed by atoms with van der Waals surface area (Å²) in [6, 6.07) is 7.02. The van der Waals surface area contributed by atoms with Gasteiger partial charge in [0.1, 0.15) is 5.82 Å². The molecule has 28 heavy (non-hydrogen) atoms. The van der Waals surface area contributed by atoms with Crippen LogP contribution in [0.4, 0.5) is 5.82 Å². The van der Waals surface area contributed by atoms with Crippen LogP contribution in [0.15, 0.2) is 30.5 Å². The van der Waals surface area contributed by atoms with Crippen molar-refractivity contribution in [2.24, 2.45) is 0 Å². The molecule has 0 radical (unpaired) electrons. The van der Waals surface area contributed by atoms with Crippen molar-refractivity contribution in [3.63, 3.8) is 0 Å². The molecule has 2 aromatic rings. The molecule has 1 aliphatic rings. The van der Waals surface area contributed by atoms with Crippen molar-refractivity contribution < 1.29 is 13.2 Å². The fourth-order valence-electron chi connectivity index (χ4n) is 3.11. The molecule has 1 saturated heterocycles. The molecular formula is C18H22Cl2N4O3S. The van der Waals surface area contributed by atoms with Crippen LogP contribution < -0.4 is 5.32 Å². The summed E-state index contributed by atoms with van der Waals surface area (Å²) >= 11 is 12.2. The van der Waals surface area contributed by atoms with Gasteiger partial charge in [0, 0.05) is 25.6 Å². The Hall–Kier alpha value is -1.61. The summed E-state index contributed by atoms with van der Waals surface area (Å²) in [7, 11) is -3.27. The predicted octanol–water partition coefficient (Wildman–Crippen LogP) is 3.38. The molecule has 1 aromatic heterocycles. The van der Waals surface area contributed by atoms with E-state index in [1.54, 1.807) is 29.1 Å². The third-order valence-corrected chi connectivity index (χ3v) is 7.41. The number of hydrogen-bond acceptors (Lipinski definition) is 4. The molecule has 1 N–H and O–H groups in total. The van der Waals surface area contributed by atoms with Crippen LogP contribution in [0.1, 0.15) is 31.2 Å². The van der Waals surface area contributed by atoms with Gasteiger partial charge in [-0.25, -0.2) is 17.4 Å². The van der Waals surface area contributed by atoms with E-state index in [4.69, 9.17) is 23.2 Å². The van der Waals surface area contributed by atoms with E-state index < -0.39 is 10.0 Å². The minimum Gasteiger partial charge on any atom is -0.311 e. The van der Waals surface area contributed by atoms with Crippen LogP contribution in [0.5, 0.6) is 0 Å². The Kier molecular flexibility index (Phi) is 6.98. The van der Waals surface area contributed by atoms with Crippen LogP contribution >= 0.6 is 23.2 Å². The molecule has 10 heteroatoms. The Morgan fingerprint density at radius 3 is 2.68 bits per heavy atom. The zero-order valence-corrected chi connectivity index (χ0v) is 17.6. The highest BCUT2D eigenvalue weighted by molar-refractivity contribution is 7.89. The molecule has 3 rings (SSSR count). The Labute approximate surface area is 174 Å². The summed E-state index contributed by atoms with van der Waals surface area (Å²) in [6.45, 7) is 1.52. The quantitative estimate of drug-likeness (QED) is 0.675. The van der Waals surface area contributed by atoms with E-state index in [1.807, 2.05) is 6.07 Å². The first-order valence-corrected chi connectivity index (χ1v) is 11.5. The molecule has 2 heterocycles. The van der Waals surface area contributed by atoms with Crippen LogP contribution in [0, 0.1) is 0 Å². The lowest BCUT2D eigenvalue weighted by atomic mass is 10.2. The lowest BCUT2D eigenvalue weighted by Crippen LogP contribution is -2.30. The number of nitrogens with one attached hydrogen (secondary N) is 1. The van der Waals surface area contributed by atoms with Crippen molar-refractivity contribution in [1.29, 1.82) is 0 Å². The van der Waals surface area contributed by atoms with Crippen molar-refractivity contribution in [1.82, 2.24) is 14.1 Å². The number of carbonyl (C=O) groups excluding carboxylic acids is 1. The first-order chi connectivity index (χ1) is 13.4. The van der Waals surface area contributed by atoms with Crippen molar-refractivity contribution >= 4 is 45.0 Å². The lowest BCUT2D eigenvalue weighted by Gasteiger charge is -2.15. The average Bonchev–Trinajstić information content (AvgIpc) is 3.32. The topological polar surface area (TPSA) is 84.3 Å². The molecule has 0 atom stereocenters. The summed E-state index contributed by atoms with van der Waals surface area (Å²) in [5, 5.41) is 7.89. The highest BCUT2D eigenvalue weighted by atomic mass is 35.5. The molecule has 0 unspecified atom stereocenters. The molecule has 7 nitrogen and oxygen atoms in total. The predicted molar refractivity (Wildman–Crippen MR) is 110 cm³/mol. The molecule has 1 amide bonds. The Morgan fingerprint density at radius 1 is 1.18 bits per heavy atom. The third kappa shape index (κ3) is 5.26. The molecule has 0 bridgehead atoms. The summed E-state index contributed by atoms with van der Waals surface area (Å²) in [6.07, 6.45) is 3.78. The Morgan fingerprint density at radius 2 is 1.93 bits per heavy atom. The molecule has 0 aliphatic carbocycles. The van der Waals surface area contributed by atoms with Gasteiger partial charge in [0.2, 0.25) is 15.9 Å². The minimum atomic E-state index is -3.27. The Bertz CT molecular complexity index is 940. The number of aromatic nitrogens is 2. The van der Waals surface area contributed by atoms with Gasteiger partial charge >= 0.3 is 0 Å². The van der Waals surface area contributed by atoms with Crippen LogP contribution in [0.25, 0.3) is 0 Å². The number of rotatable bonds is 8. The van der Waals surface area contributed by atoms with Gasteiger partial charge < -0.3 is 5.32 Å². The zero-order valence-electron chi connectivity index (χ0n) is 15.3. The molecule has 1 aliphatic heterocycles. The molecular weight excluding hydrogens is 423 g/mol. The molecule has 152 valence electrons. The smallest absolute Gasteiger partial charge is 0.225 e. The first-order valence-electron chi connectivity index (χ1n) is 9.09. The summed E-state index contributed by atoms with van der Waals surface area (Å²) < 4.78 is 27.5. The lowest BCUT2D eigenvalue weighted by molar-refractivity contribution is -0.116. The van der Waals surface area contributed by atoms with E-state index in [9.17, 15) is 13.2 Å². The van der Waals surface area contributed by atoms with Crippen molar-refractivity contribution in [2.45, 2.75) is 32.2 Å². The van der Waals surface area contributed by atoms with Gasteiger partial charge in [-0.15, -0.1) is 0 Å². The van der Waals surface area contributed by atoms with Crippen molar-refractivity contribution in [3.05, 3.63) is 46.1 Å². The monoisotopic (exact) mass is 444 g/mol. The number of halogens is 2. The van der Waals surface area contributed by atoms with Crippen LogP contribution in [0.2, 0.25) is 10.0 Å². The summed E-state index contributed by atoms with van der Waals surface area (Å²) in [4.78, 5) is 12.2. The van der Waals surface area contributed by atoms with E-state index in [-0.39, 0.29) is 24.5 Å². The number of nitrogens with zero attached hydrogens (tertiary/aromatic N) is 3. The number of sulfonamides is 1. The second-order valence-electron chi connectivity index (χ2n) is 6.66. The number of benzene rings is 1. The van der Waals surface area contributed by atoms with Gasteiger partial charge in [-0.3, -0.25) is 4.79 Å². The van der Waals surface area contributed by atoms with Gasteiger partial charge in [-0.2, -0.15) is 5.10 Å². The number of hydrogen-bond donors (Lipinski definition) is 1. The van der Waals surface area contributed by atoms with Gasteiger partial charge in [0.25, 0.3) is 0 Å². The highest BCUT2D eigenvalue weighted by Crippen LogP contribution is 2.26. The van der Waals surface area contributed by atoms with Crippen LogP contribution in [-0.4, -0.2) is 47.3 Å². The zero-order chi connectivity index (χ0) is 20.1. The van der Waals surface area contributed by atoms with Gasteiger partial charge in [-0.1, -0.05) is 35.3 Å². The fraction of sp³-hybridized carbons (Fsp3) is 0.444. The molecule has 0 spiro atoms. The molecule has 1 aromatic carbocycles. The largest absolute Gasteiger partial charge is 0.311 e. The van der Waals surface area contributed by atoms with E-state index >= 15 is 0 Å². The normalized spacial score (nSPS) is 15.1. The van der Waals surface area contributed by atoms with Crippen LogP contribution in [0.3, 0.4) is 0 Å². The fourth-order valence-corrected chi connectivity index (χ4v) is 5.07. The van der Waals surface area contributed by atoms with E-state index in [1.165, 1.54) is 4.31 Å². The standard InChI is InChI=1S/C18H22Cl2N4O3S/c19-15-6-3-5-14(18(15)20)13-24-16(8-9-21-24)22-17(25)7-4-12-28(26,27)23-10-1-2-11-23/h3,5-6,8-9H,1-2,4,7,10-13H2,(H,22,25). The van der Waals surface area contributed by atoms with E-state index in [0.29, 0.717) is 35.5 Å². The maximum Gasteiger partial charge on any atom is 0.225 e. The first kappa shape index (κ1) is 21.1. The molecule has 0 saturated carbocycles. The SMILES string of the molecule is O=C(CCCS(=O)(=O)N1CCCC1)Nc1ccnn1Cc1cccc(Cl)c1Cl. The maximum absolute atomic E-state index is 12.2. The Balaban J connectivity index is 1.54. The maximum atomic E-state index is 12.2. The number of amides is 1. The summed E-state index contributed by atoms with van der Waals surface area (Å²) in [5.41, 5.74) is 0.782. The number of anilines is 1. The second-order valence-corrected chi connectivity index (χ2v) is 9.53. The van der Waals surface area contributed by atoms with Crippen molar-refractivity contribution in [2.75, 3.05) is 24.2 Å². The third-order valence-electron chi connectivity index (χ3n) is 4.60. The van der Waals surface area contributed by atoms with Crippen LogP contribution in [-0.2, 0) is 21.4 Å². The highest BCUT2D eigenvalue weighted by Gasteiger charge is 2.24. The van der Waals surface area contributed by atoms with Crippen molar-refractivity contribution in [3.8, 4) is 0 Å².